The van der Waals surface area contributed by atoms with Crippen LogP contribution in [0.25, 0.3) is 22.4 Å². The summed E-state index contributed by atoms with van der Waals surface area (Å²) in [7, 11) is 1.75. The number of nitriles is 1. The Kier molecular flexibility index (Phi) is 5.60. The molecule has 1 aliphatic heterocycles. The molecule has 0 atom stereocenters. The highest BCUT2D eigenvalue weighted by atomic mass is 16.1. The average Bonchev–Trinajstić information content (AvgIpc) is 3.30. The van der Waals surface area contributed by atoms with Crippen molar-refractivity contribution < 1.29 is 0 Å². The van der Waals surface area contributed by atoms with E-state index in [1.54, 1.807) is 16.2 Å². The molecule has 3 aromatic heterocycles. The van der Waals surface area contributed by atoms with Crippen molar-refractivity contribution in [3.8, 4) is 17.3 Å². The summed E-state index contributed by atoms with van der Waals surface area (Å²) in [5.41, 5.74) is 8.11. The molecule has 1 N–H and O–H groups in total. The van der Waals surface area contributed by atoms with Gasteiger partial charge in [-0.1, -0.05) is 26.8 Å². The molecule has 4 heterocycles. The summed E-state index contributed by atoms with van der Waals surface area (Å²) >= 11 is 0. The van der Waals surface area contributed by atoms with Gasteiger partial charge in [0.25, 0.3) is 0 Å². The molecule has 4 aromatic rings. The quantitative estimate of drug-likeness (QED) is 0.489. The first kappa shape index (κ1) is 23.1. The zero-order valence-electron chi connectivity index (χ0n) is 21.0. The largest absolute Gasteiger partial charge is 0.330 e. The van der Waals surface area contributed by atoms with Crippen LogP contribution in [-0.4, -0.2) is 35.8 Å². The van der Waals surface area contributed by atoms with Crippen LogP contribution in [0.1, 0.15) is 48.8 Å². The summed E-state index contributed by atoms with van der Waals surface area (Å²) in [6, 6.07) is 12.1. The van der Waals surface area contributed by atoms with Crippen LogP contribution in [0.5, 0.6) is 0 Å². The van der Waals surface area contributed by atoms with Crippen molar-refractivity contribution >= 4 is 11.2 Å². The first-order valence-electron chi connectivity index (χ1n) is 12.0. The number of benzene rings is 1. The monoisotopic (exact) mass is 469 g/mol. The van der Waals surface area contributed by atoms with Gasteiger partial charge in [-0.15, -0.1) is 0 Å². The summed E-state index contributed by atoms with van der Waals surface area (Å²) in [5.74, 6) is 0. The predicted octanol–water partition coefficient (Wildman–Crippen LogP) is 3.91. The molecule has 0 aliphatic carbocycles. The first-order valence-corrected chi connectivity index (χ1v) is 12.0. The van der Waals surface area contributed by atoms with Crippen molar-refractivity contribution in [2.24, 2.45) is 12.5 Å². The number of aromatic amines is 1. The van der Waals surface area contributed by atoms with Crippen molar-refractivity contribution in [2.45, 2.75) is 53.8 Å². The zero-order chi connectivity index (χ0) is 24.9. The van der Waals surface area contributed by atoms with Gasteiger partial charge in [0.05, 0.1) is 28.5 Å². The Labute approximate surface area is 204 Å². The van der Waals surface area contributed by atoms with Crippen LogP contribution >= 0.6 is 0 Å². The third-order valence-corrected chi connectivity index (χ3v) is 6.71. The highest BCUT2D eigenvalue weighted by Crippen LogP contribution is 2.28. The molecule has 35 heavy (non-hydrogen) atoms. The Morgan fingerprint density at radius 2 is 2.00 bits per heavy atom. The molecule has 0 saturated heterocycles. The van der Waals surface area contributed by atoms with Crippen molar-refractivity contribution in [3.63, 3.8) is 0 Å². The maximum atomic E-state index is 12.9. The number of rotatable bonds is 4. The van der Waals surface area contributed by atoms with Gasteiger partial charge in [-0.3, -0.25) is 19.1 Å². The maximum absolute atomic E-state index is 12.9. The van der Waals surface area contributed by atoms with E-state index < -0.39 is 0 Å². The molecule has 0 fully saturated rings. The molecule has 1 aromatic carbocycles. The standard InChI is InChI=1S/C27H31N7O/c1-17-21-15-33(11-10-23(21)31-30-17)14-18-6-7-19(13-28)20(12-18)22-8-9-24-25(29-22)32(5)26(35)34(24)16-27(2,3)4/h6-9,12H,10-11,14-16H2,1-5H3,(H,30,31). The van der Waals surface area contributed by atoms with E-state index in [-0.39, 0.29) is 11.1 Å². The second-order valence-corrected chi connectivity index (χ2v) is 10.8. The number of hydrogen-bond donors (Lipinski definition) is 1. The van der Waals surface area contributed by atoms with E-state index in [0.29, 0.717) is 23.4 Å². The number of nitrogens with one attached hydrogen (secondary N) is 1. The smallest absolute Gasteiger partial charge is 0.294 e. The highest BCUT2D eigenvalue weighted by molar-refractivity contribution is 5.78. The van der Waals surface area contributed by atoms with E-state index in [4.69, 9.17) is 4.98 Å². The van der Waals surface area contributed by atoms with E-state index in [0.717, 1.165) is 48.4 Å². The van der Waals surface area contributed by atoms with Gasteiger partial charge in [-0.05, 0) is 42.2 Å². The number of imidazole rings is 1. The molecule has 0 amide bonds. The lowest BCUT2D eigenvalue weighted by atomic mass is 9.97. The minimum absolute atomic E-state index is 0.0384. The summed E-state index contributed by atoms with van der Waals surface area (Å²) in [4.78, 5) is 20.2. The fraction of sp³-hybridized carbons (Fsp3) is 0.407. The summed E-state index contributed by atoms with van der Waals surface area (Å²) in [5, 5.41) is 17.3. The Hall–Kier alpha value is -3.70. The summed E-state index contributed by atoms with van der Waals surface area (Å²) in [6.07, 6.45) is 0.931. The lowest BCUT2D eigenvalue weighted by Crippen LogP contribution is -2.30. The predicted molar refractivity (Wildman–Crippen MR) is 136 cm³/mol. The number of H-pyrrole nitrogens is 1. The molecule has 1 aliphatic rings. The van der Waals surface area contributed by atoms with Crippen molar-refractivity contribution in [2.75, 3.05) is 6.54 Å². The topological polar surface area (TPSA) is 95.5 Å². The second kappa shape index (κ2) is 8.51. The maximum Gasteiger partial charge on any atom is 0.330 e. The Bertz CT molecular complexity index is 1520. The second-order valence-electron chi connectivity index (χ2n) is 10.8. The number of aromatic nitrogens is 5. The molecule has 8 heteroatoms. The minimum atomic E-state index is -0.0761. The van der Waals surface area contributed by atoms with Crippen LogP contribution in [0.15, 0.2) is 35.1 Å². The van der Waals surface area contributed by atoms with E-state index in [9.17, 15) is 10.1 Å². The van der Waals surface area contributed by atoms with Gasteiger partial charge in [-0.2, -0.15) is 10.4 Å². The molecule has 0 radical (unpaired) electrons. The van der Waals surface area contributed by atoms with Gasteiger partial charge in [0.15, 0.2) is 5.65 Å². The first-order chi connectivity index (χ1) is 16.6. The van der Waals surface area contributed by atoms with Gasteiger partial charge < -0.3 is 0 Å². The zero-order valence-corrected chi connectivity index (χ0v) is 21.0. The molecule has 0 spiro atoms. The molecule has 180 valence electrons. The molecular formula is C27H31N7O. The average molecular weight is 470 g/mol. The van der Waals surface area contributed by atoms with Crippen molar-refractivity contribution in [3.05, 3.63) is 68.9 Å². The van der Waals surface area contributed by atoms with Crippen LogP contribution in [0.4, 0.5) is 0 Å². The van der Waals surface area contributed by atoms with Gasteiger partial charge in [-0.25, -0.2) is 9.78 Å². The van der Waals surface area contributed by atoms with E-state index in [2.05, 4.69) is 54.9 Å². The molecule has 0 saturated carbocycles. The van der Waals surface area contributed by atoms with Gasteiger partial charge in [0.2, 0.25) is 0 Å². The van der Waals surface area contributed by atoms with Crippen LogP contribution in [-0.2, 0) is 33.1 Å². The van der Waals surface area contributed by atoms with Crippen LogP contribution in [0.3, 0.4) is 0 Å². The van der Waals surface area contributed by atoms with Gasteiger partial charge in [0.1, 0.15) is 0 Å². The number of nitrogens with zero attached hydrogens (tertiary/aromatic N) is 6. The lowest BCUT2D eigenvalue weighted by Gasteiger charge is -2.26. The van der Waals surface area contributed by atoms with Crippen LogP contribution in [0.2, 0.25) is 0 Å². The normalized spacial score (nSPS) is 14.3. The number of fused-ring (bicyclic) bond motifs is 2. The minimum Gasteiger partial charge on any atom is -0.294 e. The molecule has 0 unspecified atom stereocenters. The lowest BCUT2D eigenvalue weighted by molar-refractivity contribution is 0.244. The van der Waals surface area contributed by atoms with Crippen molar-refractivity contribution in [1.82, 2.24) is 29.2 Å². The fourth-order valence-corrected chi connectivity index (χ4v) is 4.93. The Morgan fingerprint density at radius 3 is 2.74 bits per heavy atom. The number of hydrogen-bond acceptors (Lipinski definition) is 5. The van der Waals surface area contributed by atoms with E-state index in [1.807, 2.05) is 24.3 Å². The highest BCUT2D eigenvalue weighted by Gasteiger charge is 2.22. The Morgan fingerprint density at radius 1 is 1.20 bits per heavy atom. The van der Waals surface area contributed by atoms with Gasteiger partial charge >= 0.3 is 5.69 Å². The molecule has 0 bridgehead atoms. The Balaban J connectivity index is 1.50. The van der Waals surface area contributed by atoms with Crippen LogP contribution in [0, 0.1) is 23.7 Å². The SMILES string of the molecule is Cc1[nH]nc2c1CN(Cc1ccc(C#N)c(-c3ccc4c(n3)n(C)c(=O)n4CC(C)(C)C)c1)CC2. The molecule has 8 nitrogen and oxygen atoms in total. The summed E-state index contributed by atoms with van der Waals surface area (Å²) in [6.45, 7) is 11.6. The molecular weight excluding hydrogens is 438 g/mol. The van der Waals surface area contributed by atoms with Crippen molar-refractivity contribution in [1.29, 1.82) is 5.26 Å². The third kappa shape index (κ3) is 4.28. The van der Waals surface area contributed by atoms with Gasteiger partial charge in [0, 0.05) is 56.5 Å². The van der Waals surface area contributed by atoms with Crippen LogP contribution < -0.4 is 5.69 Å². The number of aryl methyl sites for hydroxylation is 2. The number of pyridine rings is 1. The fourth-order valence-electron chi connectivity index (χ4n) is 4.93. The third-order valence-electron chi connectivity index (χ3n) is 6.71. The summed E-state index contributed by atoms with van der Waals surface area (Å²) < 4.78 is 3.38. The molecule has 5 rings (SSSR count). The van der Waals surface area contributed by atoms with E-state index in [1.165, 1.54) is 11.3 Å². The van der Waals surface area contributed by atoms with E-state index >= 15 is 0 Å².